The second-order valence-corrected chi connectivity index (χ2v) is 6.52. The van der Waals surface area contributed by atoms with Crippen molar-refractivity contribution in [2.45, 2.75) is 26.1 Å². The molecule has 0 spiro atoms. The molecule has 0 aliphatic carbocycles. The highest BCUT2D eigenvalue weighted by molar-refractivity contribution is 5.64. The summed E-state index contributed by atoms with van der Waals surface area (Å²) in [6, 6.07) is 5.93. The van der Waals surface area contributed by atoms with Crippen molar-refractivity contribution >= 4 is 5.65 Å². The van der Waals surface area contributed by atoms with Crippen molar-refractivity contribution in [1.82, 2.24) is 14.0 Å². The SMILES string of the molecule is Cc1cc(-c2ccc3ncc(COC4CCOC4)n3c2)cn(C)c1=O. The van der Waals surface area contributed by atoms with E-state index in [1.165, 1.54) is 0 Å². The lowest BCUT2D eigenvalue weighted by molar-refractivity contribution is 0.0298. The normalized spacial score (nSPS) is 17.4. The Morgan fingerprint density at radius 1 is 1.32 bits per heavy atom. The average molecular weight is 339 g/mol. The van der Waals surface area contributed by atoms with E-state index in [1.807, 2.05) is 48.1 Å². The number of imidazole rings is 1. The lowest BCUT2D eigenvalue weighted by atomic mass is 10.1. The number of nitrogens with zero attached hydrogens (tertiary/aromatic N) is 3. The van der Waals surface area contributed by atoms with Gasteiger partial charge in [0.1, 0.15) is 5.65 Å². The Labute approximate surface area is 145 Å². The van der Waals surface area contributed by atoms with Gasteiger partial charge < -0.3 is 18.4 Å². The zero-order valence-corrected chi connectivity index (χ0v) is 14.4. The van der Waals surface area contributed by atoms with Gasteiger partial charge >= 0.3 is 0 Å². The summed E-state index contributed by atoms with van der Waals surface area (Å²) in [5, 5.41) is 0. The fourth-order valence-electron chi connectivity index (χ4n) is 3.19. The minimum Gasteiger partial charge on any atom is -0.379 e. The Bertz CT molecular complexity index is 941. The van der Waals surface area contributed by atoms with E-state index >= 15 is 0 Å². The van der Waals surface area contributed by atoms with Gasteiger partial charge in [0.25, 0.3) is 5.56 Å². The van der Waals surface area contributed by atoms with Crippen LogP contribution in [0.1, 0.15) is 17.7 Å². The van der Waals surface area contributed by atoms with E-state index in [9.17, 15) is 4.79 Å². The van der Waals surface area contributed by atoms with Crippen LogP contribution < -0.4 is 5.56 Å². The maximum Gasteiger partial charge on any atom is 0.253 e. The minimum absolute atomic E-state index is 0.0281. The van der Waals surface area contributed by atoms with Crippen LogP contribution in [0.2, 0.25) is 0 Å². The first-order valence-corrected chi connectivity index (χ1v) is 8.45. The molecular formula is C19H21N3O3. The summed E-state index contributed by atoms with van der Waals surface area (Å²) in [5.41, 5.74) is 4.69. The van der Waals surface area contributed by atoms with Crippen molar-refractivity contribution in [3.05, 3.63) is 58.4 Å². The number of fused-ring (bicyclic) bond motifs is 1. The fourth-order valence-corrected chi connectivity index (χ4v) is 3.19. The van der Waals surface area contributed by atoms with E-state index in [2.05, 4.69) is 4.98 Å². The molecule has 1 atom stereocenters. The third-order valence-electron chi connectivity index (χ3n) is 4.63. The van der Waals surface area contributed by atoms with Crippen molar-refractivity contribution in [2.75, 3.05) is 13.2 Å². The van der Waals surface area contributed by atoms with Gasteiger partial charge in [-0.15, -0.1) is 0 Å². The van der Waals surface area contributed by atoms with Crippen LogP contribution in [0, 0.1) is 6.92 Å². The molecule has 0 saturated carbocycles. The molecule has 0 aromatic carbocycles. The molecular weight excluding hydrogens is 318 g/mol. The molecule has 1 fully saturated rings. The van der Waals surface area contributed by atoms with E-state index in [4.69, 9.17) is 9.47 Å². The van der Waals surface area contributed by atoms with Crippen molar-refractivity contribution in [1.29, 1.82) is 0 Å². The van der Waals surface area contributed by atoms with Crippen molar-refractivity contribution in [3.63, 3.8) is 0 Å². The molecule has 0 N–H and O–H groups in total. The van der Waals surface area contributed by atoms with Gasteiger partial charge in [-0.05, 0) is 42.7 Å². The summed E-state index contributed by atoms with van der Waals surface area (Å²) >= 11 is 0. The van der Waals surface area contributed by atoms with Crippen LogP contribution in [-0.2, 0) is 23.1 Å². The predicted molar refractivity (Wildman–Crippen MR) is 94.6 cm³/mol. The second kappa shape index (κ2) is 6.46. The molecule has 1 aliphatic rings. The summed E-state index contributed by atoms with van der Waals surface area (Å²) in [6.45, 7) is 3.78. The number of aryl methyl sites for hydroxylation is 2. The number of aromatic nitrogens is 3. The van der Waals surface area contributed by atoms with Crippen LogP contribution >= 0.6 is 0 Å². The lowest BCUT2D eigenvalue weighted by Crippen LogP contribution is -2.18. The summed E-state index contributed by atoms with van der Waals surface area (Å²) in [7, 11) is 1.78. The Kier molecular flexibility index (Phi) is 4.15. The fraction of sp³-hybridized carbons (Fsp3) is 0.368. The molecule has 4 heterocycles. The molecule has 25 heavy (non-hydrogen) atoms. The molecule has 3 aromatic heterocycles. The smallest absolute Gasteiger partial charge is 0.253 e. The van der Waals surface area contributed by atoms with Gasteiger partial charge in [-0.2, -0.15) is 0 Å². The van der Waals surface area contributed by atoms with Gasteiger partial charge in [-0.3, -0.25) is 4.79 Å². The molecule has 1 aliphatic heterocycles. The lowest BCUT2D eigenvalue weighted by Gasteiger charge is -2.11. The van der Waals surface area contributed by atoms with E-state index in [-0.39, 0.29) is 11.7 Å². The zero-order valence-electron chi connectivity index (χ0n) is 14.4. The third kappa shape index (κ3) is 3.10. The maximum atomic E-state index is 11.9. The topological polar surface area (TPSA) is 57.8 Å². The van der Waals surface area contributed by atoms with Crippen molar-refractivity contribution in [2.24, 2.45) is 7.05 Å². The first-order chi connectivity index (χ1) is 12.1. The number of hydrogen-bond donors (Lipinski definition) is 0. The van der Waals surface area contributed by atoms with Crippen LogP contribution in [0.4, 0.5) is 0 Å². The summed E-state index contributed by atoms with van der Waals surface area (Å²) in [4.78, 5) is 16.4. The third-order valence-corrected chi connectivity index (χ3v) is 4.63. The van der Waals surface area contributed by atoms with E-state index in [0.717, 1.165) is 41.1 Å². The maximum absolute atomic E-state index is 11.9. The Hall–Kier alpha value is -2.44. The molecule has 0 amide bonds. The van der Waals surface area contributed by atoms with Gasteiger partial charge in [0.05, 0.1) is 31.2 Å². The summed E-state index contributed by atoms with van der Waals surface area (Å²) in [6.07, 6.45) is 6.87. The van der Waals surface area contributed by atoms with E-state index in [1.54, 1.807) is 11.6 Å². The molecule has 1 saturated heterocycles. The van der Waals surface area contributed by atoms with Crippen LogP contribution in [-0.4, -0.2) is 33.3 Å². The molecule has 1 unspecified atom stereocenters. The summed E-state index contributed by atoms with van der Waals surface area (Å²) in [5.74, 6) is 0. The first kappa shape index (κ1) is 16.1. The largest absolute Gasteiger partial charge is 0.379 e. The minimum atomic E-state index is 0.0281. The van der Waals surface area contributed by atoms with E-state index in [0.29, 0.717) is 13.2 Å². The molecule has 6 heteroatoms. The van der Waals surface area contributed by atoms with Crippen LogP contribution in [0.25, 0.3) is 16.8 Å². The molecule has 6 nitrogen and oxygen atoms in total. The predicted octanol–water partition coefficient (Wildman–Crippen LogP) is 2.31. The number of pyridine rings is 2. The first-order valence-electron chi connectivity index (χ1n) is 8.45. The molecule has 130 valence electrons. The van der Waals surface area contributed by atoms with Gasteiger partial charge in [0, 0.05) is 31.6 Å². The average Bonchev–Trinajstić information content (AvgIpc) is 3.26. The van der Waals surface area contributed by atoms with Gasteiger partial charge in [-0.25, -0.2) is 4.98 Å². The highest BCUT2D eigenvalue weighted by atomic mass is 16.5. The monoisotopic (exact) mass is 339 g/mol. The molecule has 3 aromatic rings. The quantitative estimate of drug-likeness (QED) is 0.732. The second-order valence-electron chi connectivity index (χ2n) is 6.52. The Balaban J connectivity index is 1.67. The summed E-state index contributed by atoms with van der Waals surface area (Å²) < 4.78 is 14.9. The molecule has 0 bridgehead atoms. The van der Waals surface area contributed by atoms with Crippen molar-refractivity contribution < 1.29 is 9.47 Å². The Morgan fingerprint density at radius 3 is 2.96 bits per heavy atom. The number of hydrogen-bond acceptors (Lipinski definition) is 4. The molecule has 0 radical (unpaired) electrons. The van der Waals surface area contributed by atoms with Gasteiger partial charge in [0.15, 0.2) is 0 Å². The zero-order chi connectivity index (χ0) is 17.4. The standard InChI is InChI=1S/C19H21N3O3/c1-13-7-15(9-21(2)19(13)23)14-3-4-18-20-8-16(22(18)10-14)11-25-17-5-6-24-12-17/h3-4,7-10,17H,5-6,11-12H2,1-2H3. The van der Waals surface area contributed by atoms with E-state index < -0.39 is 0 Å². The van der Waals surface area contributed by atoms with Crippen LogP contribution in [0.5, 0.6) is 0 Å². The van der Waals surface area contributed by atoms with Crippen LogP contribution in [0.15, 0.2) is 41.6 Å². The highest BCUT2D eigenvalue weighted by Gasteiger charge is 2.17. The van der Waals surface area contributed by atoms with Gasteiger partial charge in [-0.1, -0.05) is 0 Å². The molecule has 4 rings (SSSR count). The van der Waals surface area contributed by atoms with Crippen molar-refractivity contribution in [3.8, 4) is 11.1 Å². The number of rotatable bonds is 4. The highest BCUT2D eigenvalue weighted by Crippen LogP contribution is 2.21. The van der Waals surface area contributed by atoms with Crippen LogP contribution in [0.3, 0.4) is 0 Å². The number of ether oxygens (including phenoxy) is 2. The Morgan fingerprint density at radius 2 is 2.20 bits per heavy atom. The van der Waals surface area contributed by atoms with Gasteiger partial charge in [0.2, 0.25) is 0 Å².